The Morgan fingerprint density at radius 1 is 1.17 bits per heavy atom. The van der Waals surface area contributed by atoms with Gasteiger partial charge < -0.3 is 24.6 Å². The van der Waals surface area contributed by atoms with E-state index in [0.29, 0.717) is 0 Å². The second-order valence-corrected chi connectivity index (χ2v) is 8.52. The number of anilines is 1. The minimum Gasteiger partial charge on any atom is -0.423 e. The number of likely N-dealkylation sites (N-methyl/N-ethyl adjacent to an activating group) is 1. The Morgan fingerprint density at radius 2 is 1.74 bits per heavy atom. The van der Waals surface area contributed by atoms with E-state index < -0.39 is 18.3 Å². The van der Waals surface area contributed by atoms with E-state index >= 15 is 0 Å². The van der Waals surface area contributed by atoms with Crippen molar-refractivity contribution >= 4 is 28.2 Å². The molecule has 0 saturated carbocycles. The van der Waals surface area contributed by atoms with E-state index in [2.05, 4.69) is 22.9 Å². The van der Waals surface area contributed by atoms with Gasteiger partial charge in [0.05, 0.1) is 16.2 Å². The molecule has 0 unspecified atom stereocenters. The highest BCUT2D eigenvalue weighted by molar-refractivity contribution is 7.25. The van der Waals surface area contributed by atoms with Gasteiger partial charge in [0.15, 0.2) is 0 Å². The third kappa shape index (κ3) is 4.28. The Balaban J connectivity index is 2.11. The van der Waals surface area contributed by atoms with E-state index in [-0.39, 0.29) is 0 Å². The van der Waals surface area contributed by atoms with Crippen LogP contribution in [-0.2, 0) is 4.65 Å². The fourth-order valence-electron chi connectivity index (χ4n) is 2.38. The lowest BCUT2D eigenvalue weighted by Gasteiger charge is -2.38. The van der Waals surface area contributed by atoms with Crippen LogP contribution in [0.1, 0.15) is 33.3 Å². The fourth-order valence-corrected chi connectivity index (χ4v) is 3.53. The lowest BCUT2D eigenvalue weighted by atomic mass is 9.80. The van der Waals surface area contributed by atoms with Gasteiger partial charge in [-0.2, -0.15) is 0 Å². The maximum atomic E-state index is 10.5. The minimum absolute atomic E-state index is 0.816. The summed E-state index contributed by atoms with van der Waals surface area (Å²) >= 11 is 1.58. The zero-order chi connectivity index (χ0) is 17.4. The van der Waals surface area contributed by atoms with Crippen molar-refractivity contribution in [3.63, 3.8) is 0 Å². The van der Waals surface area contributed by atoms with Gasteiger partial charge in [0.25, 0.3) is 0 Å². The Labute approximate surface area is 144 Å². The standard InChI is InChI=1S/C16H29BN2O3S/c1-12-11-13(19-9-7-18(6)8-10-19)23-14(12)17(21)22-16(4,5)15(2,3)20/h11,20-21H,7-10H2,1-6H3. The molecule has 0 atom stereocenters. The van der Waals surface area contributed by atoms with Crippen molar-refractivity contribution < 1.29 is 14.8 Å². The molecule has 0 spiro atoms. The zero-order valence-corrected chi connectivity index (χ0v) is 15.9. The molecule has 0 radical (unpaired) electrons. The van der Waals surface area contributed by atoms with Gasteiger partial charge in [-0.1, -0.05) is 0 Å². The topological polar surface area (TPSA) is 56.2 Å². The zero-order valence-electron chi connectivity index (χ0n) is 15.1. The maximum Gasteiger partial charge on any atom is 0.502 e. The van der Waals surface area contributed by atoms with Crippen LogP contribution in [0.2, 0.25) is 0 Å². The molecule has 130 valence electrons. The summed E-state index contributed by atoms with van der Waals surface area (Å²) in [6, 6.07) is 2.12. The number of nitrogens with zero attached hydrogens (tertiary/aromatic N) is 2. The van der Waals surface area contributed by atoms with Crippen LogP contribution in [0.3, 0.4) is 0 Å². The second kappa shape index (κ2) is 6.72. The molecular weight excluding hydrogens is 311 g/mol. The summed E-state index contributed by atoms with van der Waals surface area (Å²) in [5.41, 5.74) is -0.862. The normalized spacial score (nSPS) is 17.7. The van der Waals surface area contributed by atoms with Crippen molar-refractivity contribution in [2.75, 3.05) is 38.1 Å². The molecule has 5 nitrogen and oxygen atoms in total. The van der Waals surface area contributed by atoms with Crippen molar-refractivity contribution in [1.29, 1.82) is 0 Å². The van der Waals surface area contributed by atoms with E-state index in [9.17, 15) is 10.1 Å². The molecule has 1 aliphatic rings. The molecule has 1 saturated heterocycles. The van der Waals surface area contributed by atoms with E-state index in [4.69, 9.17) is 4.65 Å². The molecule has 2 rings (SSSR count). The highest BCUT2D eigenvalue weighted by Crippen LogP contribution is 2.28. The van der Waals surface area contributed by atoms with Crippen LogP contribution < -0.4 is 9.68 Å². The van der Waals surface area contributed by atoms with Gasteiger partial charge in [0, 0.05) is 31.0 Å². The van der Waals surface area contributed by atoms with E-state index in [1.165, 1.54) is 5.00 Å². The van der Waals surface area contributed by atoms with E-state index in [1.807, 2.05) is 6.92 Å². The van der Waals surface area contributed by atoms with Crippen LogP contribution in [0.4, 0.5) is 5.00 Å². The lowest BCUT2D eigenvalue weighted by molar-refractivity contribution is -0.0982. The Kier molecular flexibility index (Phi) is 5.48. The van der Waals surface area contributed by atoms with Gasteiger partial charge in [0.1, 0.15) is 0 Å². The van der Waals surface area contributed by atoms with E-state index in [1.54, 1.807) is 39.0 Å². The summed E-state index contributed by atoms with van der Waals surface area (Å²) in [5.74, 6) is 0. The molecule has 7 heteroatoms. The number of aliphatic hydroxyl groups is 1. The molecule has 1 aliphatic heterocycles. The van der Waals surface area contributed by atoms with Crippen molar-refractivity contribution in [3.05, 3.63) is 11.6 Å². The molecule has 1 aromatic heterocycles. The molecule has 2 N–H and O–H groups in total. The van der Waals surface area contributed by atoms with Crippen molar-refractivity contribution in [2.24, 2.45) is 0 Å². The Morgan fingerprint density at radius 3 is 2.26 bits per heavy atom. The third-order valence-electron chi connectivity index (χ3n) is 4.86. The van der Waals surface area contributed by atoms with Gasteiger partial charge >= 0.3 is 7.12 Å². The summed E-state index contributed by atoms with van der Waals surface area (Å²) < 4.78 is 6.59. The number of aryl methyl sites for hydroxylation is 1. The molecule has 0 aromatic carbocycles. The molecule has 2 heterocycles. The second-order valence-electron chi connectivity index (χ2n) is 7.46. The average Bonchev–Trinajstić information content (AvgIpc) is 2.80. The number of hydrogen-bond donors (Lipinski definition) is 2. The van der Waals surface area contributed by atoms with E-state index in [0.717, 1.165) is 36.5 Å². The summed E-state index contributed by atoms with van der Waals surface area (Å²) in [5, 5.41) is 21.9. The first-order valence-corrected chi connectivity index (χ1v) is 8.95. The summed E-state index contributed by atoms with van der Waals surface area (Å²) in [4.78, 5) is 4.68. The Hall–Kier alpha value is -0.595. The number of hydrogen-bond acceptors (Lipinski definition) is 6. The quantitative estimate of drug-likeness (QED) is 0.785. The highest BCUT2D eigenvalue weighted by Gasteiger charge is 2.40. The van der Waals surface area contributed by atoms with Crippen LogP contribution in [0, 0.1) is 6.92 Å². The maximum absolute atomic E-state index is 10.5. The van der Waals surface area contributed by atoms with Crippen LogP contribution in [0.15, 0.2) is 6.07 Å². The summed E-state index contributed by atoms with van der Waals surface area (Å²) in [7, 11) is 1.11. The van der Waals surface area contributed by atoms with Crippen molar-refractivity contribution in [2.45, 2.75) is 45.8 Å². The molecule has 1 aromatic rings. The molecule has 23 heavy (non-hydrogen) atoms. The van der Waals surface area contributed by atoms with Crippen LogP contribution in [0.25, 0.3) is 0 Å². The monoisotopic (exact) mass is 340 g/mol. The fraction of sp³-hybridized carbons (Fsp3) is 0.750. The lowest BCUT2D eigenvalue weighted by Crippen LogP contribution is -2.53. The van der Waals surface area contributed by atoms with Gasteiger partial charge in [-0.25, -0.2) is 0 Å². The third-order valence-corrected chi connectivity index (χ3v) is 6.19. The Bertz CT molecular complexity index is 534. The predicted octanol–water partition coefficient (Wildman–Crippen LogP) is 1.06. The molecule has 0 amide bonds. The molecule has 1 fully saturated rings. The first-order chi connectivity index (χ1) is 10.5. The smallest absolute Gasteiger partial charge is 0.423 e. The highest BCUT2D eigenvalue weighted by atomic mass is 32.1. The van der Waals surface area contributed by atoms with Crippen LogP contribution >= 0.6 is 11.3 Å². The first kappa shape index (κ1) is 18.7. The average molecular weight is 340 g/mol. The SMILES string of the molecule is Cc1cc(N2CCN(C)CC2)sc1B(O)OC(C)(C)C(C)(C)O. The summed E-state index contributed by atoms with van der Waals surface area (Å²) in [6.07, 6.45) is 0. The largest absolute Gasteiger partial charge is 0.502 e. The van der Waals surface area contributed by atoms with Crippen LogP contribution in [-0.4, -0.2) is 66.6 Å². The van der Waals surface area contributed by atoms with Gasteiger partial charge in [0.2, 0.25) is 0 Å². The molecular formula is C16H29BN2O3S. The molecule has 0 bridgehead atoms. The first-order valence-electron chi connectivity index (χ1n) is 8.13. The van der Waals surface area contributed by atoms with Crippen molar-refractivity contribution in [1.82, 2.24) is 4.90 Å². The van der Waals surface area contributed by atoms with Gasteiger partial charge in [-0.3, -0.25) is 0 Å². The summed E-state index contributed by atoms with van der Waals surface area (Å²) in [6.45, 7) is 13.1. The predicted molar refractivity (Wildman–Crippen MR) is 97.8 cm³/mol. The van der Waals surface area contributed by atoms with Gasteiger partial charge in [-0.15, -0.1) is 11.3 Å². The number of thiophene rings is 1. The van der Waals surface area contributed by atoms with Crippen molar-refractivity contribution in [3.8, 4) is 0 Å². The number of rotatable bonds is 5. The van der Waals surface area contributed by atoms with Gasteiger partial charge in [-0.05, 0) is 53.3 Å². The number of piperazine rings is 1. The minimum atomic E-state index is -1.04. The molecule has 0 aliphatic carbocycles. The van der Waals surface area contributed by atoms with Crippen LogP contribution in [0.5, 0.6) is 0 Å².